The maximum Gasteiger partial charge on any atom is 0.305 e. The average molecular weight is 691 g/mol. The maximum atomic E-state index is 13.9. The number of carbonyl (C=O) groups excluding carboxylic acids is 3. The second-order valence-electron chi connectivity index (χ2n) is 13.1. The summed E-state index contributed by atoms with van der Waals surface area (Å²) in [4.78, 5) is 61.6. The highest BCUT2D eigenvalue weighted by atomic mass is 16.4. The molecule has 0 aliphatic carbocycles. The van der Waals surface area contributed by atoms with E-state index in [-0.39, 0.29) is 30.4 Å². The fourth-order valence-electron chi connectivity index (χ4n) is 7.21. The third-order valence-corrected chi connectivity index (χ3v) is 10.00. The van der Waals surface area contributed by atoms with Crippen LogP contribution in [0.5, 0.6) is 0 Å². The molecule has 0 spiro atoms. The lowest BCUT2D eigenvalue weighted by Crippen LogP contribution is -2.31. The molecule has 52 heavy (non-hydrogen) atoms. The SMILES string of the molecule is CCC1(c2ccc(C(CC(=O)O)NC(=O)c3ccccc3)cc2)N=CC=C1C(=O)Cc1ccc(-c2cc(C(=O)N3CCc4ccccc43)c[nH]2)cc1. The number of carbonyl (C=O) groups is 4. The Bertz CT molecular complexity index is 2200. The van der Waals surface area contributed by atoms with Gasteiger partial charge in [0.15, 0.2) is 5.78 Å². The zero-order valence-electron chi connectivity index (χ0n) is 28.7. The second-order valence-corrected chi connectivity index (χ2v) is 13.1. The molecule has 9 nitrogen and oxygen atoms in total. The van der Waals surface area contributed by atoms with Crippen LogP contribution >= 0.6 is 0 Å². The van der Waals surface area contributed by atoms with Crippen molar-refractivity contribution >= 4 is 35.5 Å². The lowest BCUT2D eigenvalue weighted by molar-refractivity contribution is -0.137. The Hall–Kier alpha value is -6.35. The molecular weight excluding hydrogens is 652 g/mol. The number of carboxylic acids is 1. The van der Waals surface area contributed by atoms with Crippen molar-refractivity contribution in [2.24, 2.45) is 4.99 Å². The van der Waals surface area contributed by atoms with Gasteiger partial charge in [0, 0.05) is 47.9 Å². The Labute approximate surface area is 301 Å². The molecule has 2 aliphatic heterocycles. The third kappa shape index (κ3) is 6.73. The molecule has 0 fully saturated rings. The van der Waals surface area contributed by atoms with Gasteiger partial charge in [-0.3, -0.25) is 24.2 Å². The van der Waals surface area contributed by atoms with E-state index in [9.17, 15) is 24.3 Å². The summed E-state index contributed by atoms with van der Waals surface area (Å²) in [5, 5.41) is 12.4. The summed E-state index contributed by atoms with van der Waals surface area (Å²) in [5.74, 6) is -1.48. The maximum absolute atomic E-state index is 13.9. The van der Waals surface area contributed by atoms with E-state index in [0.717, 1.165) is 34.5 Å². The van der Waals surface area contributed by atoms with Crippen LogP contribution in [0.25, 0.3) is 11.3 Å². The van der Waals surface area contributed by atoms with Crippen LogP contribution in [0.1, 0.15) is 68.8 Å². The number of benzene rings is 4. The number of hydrogen-bond donors (Lipinski definition) is 3. The third-order valence-electron chi connectivity index (χ3n) is 10.00. The van der Waals surface area contributed by atoms with Gasteiger partial charge in [-0.2, -0.15) is 0 Å². The minimum Gasteiger partial charge on any atom is -0.481 e. The van der Waals surface area contributed by atoms with Crippen molar-refractivity contribution in [1.82, 2.24) is 10.3 Å². The molecule has 4 aromatic carbocycles. The normalized spacial score (nSPS) is 16.6. The van der Waals surface area contributed by atoms with Crippen LogP contribution in [0.3, 0.4) is 0 Å². The number of rotatable bonds is 12. The van der Waals surface area contributed by atoms with Crippen LogP contribution in [0, 0.1) is 0 Å². The summed E-state index contributed by atoms with van der Waals surface area (Å²) in [7, 11) is 0. The van der Waals surface area contributed by atoms with Gasteiger partial charge in [0.25, 0.3) is 11.8 Å². The minimum atomic E-state index is -1.03. The number of aliphatic carboxylic acids is 1. The van der Waals surface area contributed by atoms with Gasteiger partial charge in [-0.1, -0.05) is 91.9 Å². The predicted octanol–water partition coefficient (Wildman–Crippen LogP) is 7.26. The molecule has 3 N–H and O–H groups in total. The molecule has 2 amide bonds. The van der Waals surface area contributed by atoms with Gasteiger partial charge in [-0.05, 0) is 71.0 Å². The van der Waals surface area contributed by atoms with Gasteiger partial charge in [0.2, 0.25) is 0 Å². The predicted molar refractivity (Wildman–Crippen MR) is 201 cm³/mol. The van der Waals surface area contributed by atoms with Gasteiger partial charge >= 0.3 is 5.97 Å². The summed E-state index contributed by atoms with van der Waals surface area (Å²) in [5.41, 5.74) is 6.91. The van der Waals surface area contributed by atoms with Gasteiger partial charge in [-0.25, -0.2) is 0 Å². The molecule has 2 aliphatic rings. The Morgan fingerprint density at radius 1 is 0.904 bits per heavy atom. The topological polar surface area (TPSA) is 132 Å². The number of Topliss-reactive ketones (excluding diaryl/α,β-unsaturated/α-hetero) is 1. The molecule has 2 unspecified atom stereocenters. The molecular formula is C43H38N4O5. The van der Waals surface area contributed by atoms with Crippen molar-refractivity contribution < 1.29 is 24.3 Å². The monoisotopic (exact) mass is 690 g/mol. The smallest absolute Gasteiger partial charge is 0.305 e. The fourth-order valence-corrected chi connectivity index (χ4v) is 7.21. The Morgan fingerprint density at radius 2 is 1.63 bits per heavy atom. The number of anilines is 1. The number of allylic oxidation sites excluding steroid dienone is 1. The van der Waals surface area contributed by atoms with Gasteiger partial charge in [0.05, 0.1) is 18.0 Å². The van der Waals surface area contributed by atoms with E-state index in [1.807, 2.05) is 78.6 Å². The van der Waals surface area contributed by atoms with Crippen molar-refractivity contribution in [3.63, 3.8) is 0 Å². The Balaban J connectivity index is 1.03. The molecule has 0 bridgehead atoms. The number of aromatic nitrogens is 1. The van der Waals surface area contributed by atoms with E-state index in [4.69, 9.17) is 4.99 Å². The Kier molecular flexibility index (Phi) is 9.50. The lowest BCUT2D eigenvalue weighted by atomic mass is 9.78. The number of H-pyrrole nitrogens is 1. The van der Waals surface area contributed by atoms with E-state index < -0.39 is 17.6 Å². The van der Waals surface area contributed by atoms with Crippen molar-refractivity contribution in [2.75, 3.05) is 11.4 Å². The molecule has 2 atom stereocenters. The number of carboxylic acid groups (broad SMARTS) is 1. The first-order valence-electron chi connectivity index (χ1n) is 17.4. The van der Waals surface area contributed by atoms with Crippen LogP contribution in [-0.4, -0.2) is 46.4 Å². The van der Waals surface area contributed by atoms with Crippen LogP contribution in [-0.2, 0) is 28.0 Å². The molecule has 9 heteroatoms. The molecule has 0 saturated carbocycles. The lowest BCUT2D eigenvalue weighted by Gasteiger charge is -2.29. The van der Waals surface area contributed by atoms with Crippen molar-refractivity contribution in [2.45, 2.75) is 44.2 Å². The fraction of sp³-hybridized carbons (Fsp3) is 0.186. The number of fused-ring (bicyclic) bond motifs is 1. The minimum absolute atomic E-state index is 0.0364. The second kappa shape index (κ2) is 14.5. The van der Waals surface area contributed by atoms with E-state index in [1.54, 1.807) is 54.9 Å². The number of para-hydroxylation sites is 1. The van der Waals surface area contributed by atoms with Gasteiger partial charge in [0.1, 0.15) is 5.54 Å². The summed E-state index contributed by atoms with van der Waals surface area (Å²) >= 11 is 0. The largest absolute Gasteiger partial charge is 0.481 e. The zero-order chi connectivity index (χ0) is 36.2. The van der Waals surface area contributed by atoms with E-state index in [2.05, 4.69) is 16.4 Å². The quantitative estimate of drug-likeness (QED) is 0.127. The standard InChI is InChI=1S/C43H38N4O5/c1-2-43(34-18-16-30(17-19-34)37(26-40(49)50)46-41(51)32-9-4-3-5-10-32)35(20-22-45-43)39(48)24-28-12-14-29(15-13-28)36-25-33(27-44-36)42(52)47-23-21-31-8-6-7-11-38(31)47/h3-20,22,25,27,37,44H,2,21,23-24,26H2,1H3,(H,46,51)(H,49,50). The van der Waals surface area contributed by atoms with Gasteiger partial charge < -0.3 is 20.3 Å². The van der Waals surface area contributed by atoms with Crippen LogP contribution in [0.4, 0.5) is 5.69 Å². The number of nitrogens with one attached hydrogen (secondary N) is 2. The highest BCUT2D eigenvalue weighted by Gasteiger charge is 2.39. The van der Waals surface area contributed by atoms with Crippen molar-refractivity contribution in [3.05, 3.63) is 160 Å². The molecule has 7 rings (SSSR count). The molecule has 0 radical (unpaired) electrons. The highest BCUT2D eigenvalue weighted by molar-refractivity contribution is 6.08. The number of aliphatic imine (C=N–C) groups is 1. The number of amides is 2. The summed E-state index contributed by atoms with van der Waals surface area (Å²) in [6.07, 6.45) is 6.48. The summed E-state index contributed by atoms with van der Waals surface area (Å²) < 4.78 is 0. The molecule has 1 aromatic heterocycles. The number of hydrogen-bond acceptors (Lipinski definition) is 5. The zero-order valence-corrected chi connectivity index (χ0v) is 28.7. The summed E-state index contributed by atoms with van der Waals surface area (Å²) in [6, 6.07) is 32.8. The first-order chi connectivity index (χ1) is 25.3. The van der Waals surface area contributed by atoms with Crippen LogP contribution in [0.2, 0.25) is 0 Å². The number of ketones is 1. The number of aromatic amines is 1. The molecule has 3 heterocycles. The van der Waals surface area contributed by atoms with Crippen molar-refractivity contribution in [3.8, 4) is 11.3 Å². The average Bonchev–Trinajstić information content (AvgIpc) is 3.94. The highest BCUT2D eigenvalue weighted by Crippen LogP contribution is 2.41. The van der Waals surface area contributed by atoms with Crippen LogP contribution in [0.15, 0.2) is 132 Å². The van der Waals surface area contributed by atoms with Crippen LogP contribution < -0.4 is 10.2 Å². The number of nitrogens with zero attached hydrogens (tertiary/aromatic N) is 2. The van der Waals surface area contributed by atoms with E-state index in [0.29, 0.717) is 35.2 Å². The molecule has 260 valence electrons. The van der Waals surface area contributed by atoms with Crippen molar-refractivity contribution in [1.29, 1.82) is 0 Å². The van der Waals surface area contributed by atoms with E-state index in [1.165, 1.54) is 5.56 Å². The summed E-state index contributed by atoms with van der Waals surface area (Å²) in [6.45, 7) is 2.65. The first-order valence-corrected chi connectivity index (χ1v) is 17.4. The Morgan fingerprint density at radius 3 is 2.37 bits per heavy atom. The molecule has 5 aromatic rings. The molecule has 0 saturated heterocycles. The van der Waals surface area contributed by atoms with E-state index >= 15 is 0 Å². The van der Waals surface area contributed by atoms with Gasteiger partial charge in [-0.15, -0.1) is 0 Å². The first kappa shape index (κ1) is 34.1.